The van der Waals surface area contributed by atoms with Crippen molar-refractivity contribution >= 4 is 11.6 Å². The number of halogens is 3. The smallest absolute Gasteiger partial charge is 0.149 e. The van der Waals surface area contributed by atoms with Gasteiger partial charge in [0.2, 0.25) is 0 Å². The van der Waals surface area contributed by atoms with Crippen LogP contribution in [0.1, 0.15) is 17.2 Å². The molecule has 78 valence electrons. The van der Waals surface area contributed by atoms with Crippen LogP contribution in [0.4, 0.5) is 8.78 Å². The number of nitrogens with two attached hydrogens (primary N) is 1. The minimum atomic E-state index is -1.09. The lowest BCUT2D eigenvalue weighted by Crippen LogP contribution is -2.18. The Balaban J connectivity index is 3.39. The van der Waals surface area contributed by atoms with E-state index in [0.717, 1.165) is 0 Å². The molecule has 1 aromatic carbocycles. The van der Waals surface area contributed by atoms with Crippen molar-refractivity contribution in [2.45, 2.75) is 13.0 Å². The van der Waals surface area contributed by atoms with E-state index in [1.807, 2.05) is 0 Å². The summed E-state index contributed by atoms with van der Waals surface area (Å²) in [5, 5.41) is 8.53. The second-order valence-corrected chi connectivity index (χ2v) is 3.41. The lowest BCUT2D eigenvalue weighted by atomic mass is 10.0. The summed E-state index contributed by atoms with van der Waals surface area (Å²) in [6.45, 7) is 0.919. The maximum atomic E-state index is 13.4. The Morgan fingerprint density at radius 1 is 1.50 bits per heavy atom. The quantitative estimate of drug-likeness (QED) is 0.750. The van der Waals surface area contributed by atoms with Crippen molar-refractivity contribution in [3.8, 4) is 0 Å². The molecule has 0 aromatic heterocycles. The largest absolute Gasteiger partial charge is 0.394 e. The lowest BCUT2D eigenvalue weighted by Gasteiger charge is -2.13. The molecule has 1 atom stereocenters. The maximum absolute atomic E-state index is 13.4. The van der Waals surface area contributed by atoms with Gasteiger partial charge in [-0.1, -0.05) is 11.6 Å². The zero-order valence-corrected chi connectivity index (χ0v) is 8.28. The van der Waals surface area contributed by atoms with E-state index in [4.69, 9.17) is 22.4 Å². The fourth-order valence-electron chi connectivity index (χ4n) is 1.17. The normalized spacial score (nSPS) is 13.0. The molecule has 0 bridgehead atoms. The van der Waals surface area contributed by atoms with Gasteiger partial charge in [0.05, 0.1) is 17.7 Å². The van der Waals surface area contributed by atoms with Gasteiger partial charge < -0.3 is 10.8 Å². The summed E-state index contributed by atoms with van der Waals surface area (Å²) in [4.78, 5) is 0. The monoisotopic (exact) mass is 221 g/mol. The number of hydrogen-bond acceptors (Lipinski definition) is 2. The van der Waals surface area contributed by atoms with Gasteiger partial charge in [-0.3, -0.25) is 0 Å². The van der Waals surface area contributed by atoms with E-state index < -0.39 is 24.3 Å². The van der Waals surface area contributed by atoms with E-state index in [1.165, 1.54) is 13.0 Å². The molecule has 1 aromatic rings. The number of hydrogen-bond donors (Lipinski definition) is 2. The highest BCUT2D eigenvalue weighted by Gasteiger charge is 2.20. The van der Waals surface area contributed by atoms with Gasteiger partial charge >= 0.3 is 0 Å². The Labute approximate surface area is 85.3 Å². The van der Waals surface area contributed by atoms with Crippen molar-refractivity contribution in [2.24, 2.45) is 5.73 Å². The Hall–Kier alpha value is -0.710. The summed E-state index contributed by atoms with van der Waals surface area (Å²) in [7, 11) is 0. The number of aryl methyl sites for hydroxylation is 1. The molecule has 0 saturated carbocycles. The molecule has 0 saturated heterocycles. The molecule has 0 radical (unpaired) electrons. The van der Waals surface area contributed by atoms with Crippen molar-refractivity contribution in [1.29, 1.82) is 0 Å². The van der Waals surface area contributed by atoms with Crippen LogP contribution in [0.5, 0.6) is 0 Å². The standard InChI is InChI=1S/C9H10ClF2NO/c1-4-2-5(10)9(12)7(8(4)11)6(13)3-14/h2,6,14H,3,13H2,1H3. The first-order chi connectivity index (χ1) is 6.49. The van der Waals surface area contributed by atoms with Crippen LogP contribution in [0.3, 0.4) is 0 Å². The Bertz CT molecular complexity index is 331. The average molecular weight is 222 g/mol. The minimum Gasteiger partial charge on any atom is -0.394 e. The van der Waals surface area contributed by atoms with E-state index >= 15 is 0 Å². The Kier molecular flexibility index (Phi) is 3.42. The number of aliphatic hydroxyl groups excluding tert-OH is 1. The third-order valence-electron chi connectivity index (χ3n) is 1.94. The summed E-state index contributed by atoms with van der Waals surface area (Å²) in [5.41, 5.74) is 5.19. The second-order valence-electron chi connectivity index (χ2n) is 3.01. The van der Waals surface area contributed by atoms with Gasteiger partial charge in [-0.15, -0.1) is 0 Å². The molecule has 0 amide bonds. The van der Waals surface area contributed by atoms with Crippen LogP contribution in [-0.2, 0) is 0 Å². The highest BCUT2D eigenvalue weighted by atomic mass is 35.5. The highest BCUT2D eigenvalue weighted by Crippen LogP contribution is 2.27. The first-order valence-corrected chi connectivity index (χ1v) is 4.37. The van der Waals surface area contributed by atoms with Gasteiger partial charge in [0, 0.05) is 5.56 Å². The molecular weight excluding hydrogens is 212 g/mol. The second kappa shape index (κ2) is 4.21. The summed E-state index contributed by atoms with van der Waals surface area (Å²) in [6, 6.07) is 0.0900. The van der Waals surface area contributed by atoms with Gasteiger partial charge in [0.25, 0.3) is 0 Å². The first kappa shape index (κ1) is 11.4. The molecule has 1 rings (SSSR count). The van der Waals surface area contributed by atoms with Crippen LogP contribution in [0.2, 0.25) is 5.02 Å². The lowest BCUT2D eigenvalue weighted by molar-refractivity contribution is 0.262. The van der Waals surface area contributed by atoms with E-state index in [1.54, 1.807) is 0 Å². The molecule has 0 aliphatic heterocycles. The highest BCUT2D eigenvalue weighted by molar-refractivity contribution is 6.30. The zero-order valence-electron chi connectivity index (χ0n) is 7.52. The van der Waals surface area contributed by atoms with E-state index in [2.05, 4.69) is 0 Å². The number of aliphatic hydroxyl groups is 1. The Morgan fingerprint density at radius 2 is 2.07 bits per heavy atom. The molecule has 0 fully saturated rings. The van der Waals surface area contributed by atoms with Gasteiger partial charge in [-0.25, -0.2) is 8.78 Å². The summed E-state index contributed by atoms with van der Waals surface area (Å²) in [6.07, 6.45) is 0. The molecule has 3 N–H and O–H groups in total. The zero-order chi connectivity index (χ0) is 10.9. The van der Waals surface area contributed by atoms with Crippen LogP contribution >= 0.6 is 11.6 Å². The van der Waals surface area contributed by atoms with Crippen LogP contribution < -0.4 is 5.73 Å². The van der Waals surface area contributed by atoms with E-state index in [9.17, 15) is 8.78 Å². The number of rotatable bonds is 2. The number of benzene rings is 1. The van der Waals surface area contributed by atoms with E-state index in [-0.39, 0.29) is 16.1 Å². The first-order valence-electron chi connectivity index (χ1n) is 3.99. The third kappa shape index (κ3) is 1.87. The fraction of sp³-hybridized carbons (Fsp3) is 0.333. The van der Waals surface area contributed by atoms with Gasteiger partial charge in [0.1, 0.15) is 11.6 Å². The molecule has 14 heavy (non-hydrogen) atoms. The molecule has 0 heterocycles. The SMILES string of the molecule is Cc1cc(Cl)c(F)c(C(N)CO)c1F. The third-order valence-corrected chi connectivity index (χ3v) is 2.21. The molecule has 5 heteroatoms. The molecular formula is C9H10ClF2NO. The summed E-state index contributed by atoms with van der Waals surface area (Å²) in [5.74, 6) is -1.66. The fourth-order valence-corrected chi connectivity index (χ4v) is 1.44. The molecule has 0 aliphatic carbocycles. The van der Waals surface area contributed by atoms with Crippen LogP contribution in [0.25, 0.3) is 0 Å². The van der Waals surface area contributed by atoms with Crippen molar-refractivity contribution < 1.29 is 13.9 Å². The van der Waals surface area contributed by atoms with Gasteiger partial charge in [-0.2, -0.15) is 0 Å². The summed E-state index contributed by atoms with van der Waals surface area (Å²) >= 11 is 5.51. The van der Waals surface area contributed by atoms with Crippen molar-refractivity contribution in [2.75, 3.05) is 6.61 Å². The Morgan fingerprint density at radius 3 is 2.57 bits per heavy atom. The van der Waals surface area contributed by atoms with Crippen LogP contribution in [0.15, 0.2) is 6.07 Å². The molecule has 2 nitrogen and oxygen atoms in total. The van der Waals surface area contributed by atoms with Crippen LogP contribution in [0, 0.1) is 18.6 Å². The van der Waals surface area contributed by atoms with Crippen molar-refractivity contribution in [3.63, 3.8) is 0 Å². The predicted octanol–water partition coefficient (Wildman–Crippen LogP) is 1.92. The van der Waals surface area contributed by atoms with Crippen molar-refractivity contribution in [3.05, 3.63) is 33.9 Å². The topological polar surface area (TPSA) is 46.2 Å². The average Bonchev–Trinajstić information content (AvgIpc) is 2.15. The van der Waals surface area contributed by atoms with Gasteiger partial charge in [-0.05, 0) is 18.6 Å². The van der Waals surface area contributed by atoms with Crippen LogP contribution in [-0.4, -0.2) is 11.7 Å². The molecule has 0 spiro atoms. The summed E-state index contributed by atoms with van der Waals surface area (Å²) < 4.78 is 26.7. The predicted molar refractivity (Wildman–Crippen MR) is 50.1 cm³/mol. The minimum absolute atomic E-state index is 0.192. The molecule has 1 unspecified atom stereocenters. The molecule has 0 aliphatic rings. The maximum Gasteiger partial charge on any atom is 0.149 e. The van der Waals surface area contributed by atoms with E-state index in [0.29, 0.717) is 0 Å². The van der Waals surface area contributed by atoms with Crippen molar-refractivity contribution in [1.82, 2.24) is 0 Å². The van der Waals surface area contributed by atoms with Gasteiger partial charge in [0.15, 0.2) is 0 Å².